The highest BCUT2D eigenvalue weighted by Gasteiger charge is 2.19. The van der Waals surface area contributed by atoms with Crippen molar-refractivity contribution in [3.8, 4) is 0 Å². The highest BCUT2D eigenvalue weighted by Crippen LogP contribution is 2.26. The molecule has 3 nitrogen and oxygen atoms in total. The first kappa shape index (κ1) is 14.3. The van der Waals surface area contributed by atoms with E-state index in [1.165, 1.54) is 17.5 Å². The third kappa shape index (κ3) is 3.01. The number of hydrogen-bond acceptors (Lipinski definition) is 2. The monoisotopic (exact) mass is 301 g/mol. The Morgan fingerprint density at radius 3 is 2.48 bits per heavy atom. The molecule has 110 valence electrons. The van der Waals surface area contributed by atoms with Crippen LogP contribution in [0.4, 0.5) is 0 Å². The fraction of sp³-hybridized carbons (Fsp3) is 0.294. The zero-order valence-corrected chi connectivity index (χ0v) is 12.9. The average molecular weight is 301 g/mol. The number of hydrogen-bond donors (Lipinski definition) is 1. The van der Waals surface area contributed by atoms with Gasteiger partial charge >= 0.3 is 0 Å². The molecule has 0 saturated heterocycles. The molecule has 0 amide bonds. The summed E-state index contributed by atoms with van der Waals surface area (Å²) in [7, 11) is -3.47. The van der Waals surface area contributed by atoms with Gasteiger partial charge < -0.3 is 0 Å². The van der Waals surface area contributed by atoms with Crippen LogP contribution in [0.2, 0.25) is 0 Å². The molecule has 0 saturated carbocycles. The van der Waals surface area contributed by atoms with Gasteiger partial charge in [0.25, 0.3) is 0 Å². The number of benzene rings is 2. The maximum Gasteiger partial charge on any atom is 0.241 e. The van der Waals surface area contributed by atoms with Crippen LogP contribution in [0.25, 0.3) is 0 Å². The Hall–Kier alpha value is -1.65. The van der Waals surface area contributed by atoms with Crippen LogP contribution in [0.5, 0.6) is 0 Å². The maximum absolute atomic E-state index is 12.3. The lowest BCUT2D eigenvalue weighted by Crippen LogP contribution is -2.26. The van der Waals surface area contributed by atoms with E-state index >= 15 is 0 Å². The summed E-state index contributed by atoms with van der Waals surface area (Å²) in [5, 5.41) is 0. The first-order valence-electron chi connectivity index (χ1n) is 7.25. The van der Waals surface area contributed by atoms with Gasteiger partial charge in [-0.15, -0.1) is 0 Å². The fourth-order valence-corrected chi connectivity index (χ4v) is 4.08. The molecule has 2 aromatic rings. The third-order valence-corrected chi connectivity index (χ3v) is 5.56. The Morgan fingerprint density at radius 1 is 1.00 bits per heavy atom. The molecular formula is C17H19NO2S. The highest BCUT2D eigenvalue weighted by atomic mass is 32.2. The molecule has 0 radical (unpaired) electrons. The van der Waals surface area contributed by atoms with Gasteiger partial charge in [0, 0.05) is 6.04 Å². The van der Waals surface area contributed by atoms with Gasteiger partial charge in [-0.2, -0.15) is 0 Å². The van der Waals surface area contributed by atoms with E-state index in [-0.39, 0.29) is 6.04 Å². The second-order valence-electron chi connectivity index (χ2n) is 5.54. The van der Waals surface area contributed by atoms with Gasteiger partial charge in [-0.1, -0.05) is 36.4 Å². The predicted octanol–water partition coefficient (Wildman–Crippen LogP) is 3.21. The molecule has 1 aliphatic carbocycles. The van der Waals surface area contributed by atoms with Gasteiger partial charge in [-0.05, 0) is 55.0 Å². The minimum atomic E-state index is -3.47. The third-order valence-electron chi connectivity index (χ3n) is 4.01. The molecule has 0 heterocycles. The van der Waals surface area contributed by atoms with Crippen molar-refractivity contribution in [3.63, 3.8) is 0 Å². The van der Waals surface area contributed by atoms with Crippen LogP contribution in [-0.2, 0) is 22.9 Å². The lowest BCUT2D eigenvalue weighted by atomic mass is 10.0. The van der Waals surface area contributed by atoms with E-state index in [9.17, 15) is 8.42 Å². The van der Waals surface area contributed by atoms with Gasteiger partial charge in [0.1, 0.15) is 0 Å². The van der Waals surface area contributed by atoms with Crippen LogP contribution in [0.1, 0.15) is 36.1 Å². The van der Waals surface area contributed by atoms with Gasteiger partial charge in [0.15, 0.2) is 0 Å². The van der Waals surface area contributed by atoms with E-state index in [4.69, 9.17) is 0 Å². The lowest BCUT2D eigenvalue weighted by Gasteiger charge is -2.16. The lowest BCUT2D eigenvalue weighted by molar-refractivity contribution is 0.567. The van der Waals surface area contributed by atoms with Crippen molar-refractivity contribution in [2.24, 2.45) is 0 Å². The van der Waals surface area contributed by atoms with E-state index in [0.29, 0.717) is 4.90 Å². The SMILES string of the molecule is C[C@H](NS(=O)(=O)c1ccccc1)c1ccc2c(c1)CCC2. The van der Waals surface area contributed by atoms with Gasteiger partial charge in [0.05, 0.1) is 4.90 Å². The fourth-order valence-electron chi connectivity index (χ4n) is 2.83. The molecule has 0 aliphatic heterocycles. The summed E-state index contributed by atoms with van der Waals surface area (Å²) in [4.78, 5) is 0.304. The molecule has 0 spiro atoms. The summed E-state index contributed by atoms with van der Waals surface area (Å²) < 4.78 is 27.4. The molecule has 2 aromatic carbocycles. The largest absolute Gasteiger partial charge is 0.241 e. The Kier molecular flexibility index (Phi) is 3.83. The van der Waals surface area contributed by atoms with Crippen LogP contribution in [-0.4, -0.2) is 8.42 Å². The van der Waals surface area contributed by atoms with E-state index < -0.39 is 10.0 Å². The van der Waals surface area contributed by atoms with Crippen LogP contribution < -0.4 is 4.72 Å². The number of fused-ring (bicyclic) bond motifs is 1. The molecule has 4 heteroatoms. The predicted molar refractivity (Wildman–Crippen MR) is 83.6 cm³/mol. The first-order valence-corrected chi connectivity index (χ1v) is 8.74. The van der Waals surface area contributed by atoms with Crippen molar-refractivity contribution in [1.82, 2.24) is 4.72 Å². The van der Waals surface area contributed by atoms with E-state index in [0.717, 1.165) is 18.4 Å². The summed E-state index contributed by atoms with van der Waals surface area (Å²) in [5.74, 6) is 0. The normalized spacial score (nSPS) is 15.7. The number of rotatable bonds is 4. The topological polar surface area (TPSA) is 46.2 Å². The molecule has 3 rings (SSSR count). The second kappa shape index (κ2) is 5.62. The van der Waals surface area contributed by atoms with Crippen molar-refractivity contribution >= 4 is 10.0 Å². The standard InChI is InChI=1S/C17H19NO2S/c1-13(15-11-10-14-6-5-7-16(14)12-15)18-21(19,20)17-8-3-2-4-9-17/h2-4,8-13,18H,5-7H2,1H3/t13-/m0/s1. The molecule has 0 aromatic heterocycles. The molecule has 0 unspecified atom stereocenters. The minimum Gasteiger partial charge on any atom is -0.207 e. The maximum atomic E-state index is 12.3. The Bertz CT molecular complexity index is 739. The van der Waals surface area contributed by atoms with Crippen LogP contribution in [0.3, 0.4) is 0 Å². The molecule has 0 fully saturated rings. The van der Waals surface area contributed by atoms with Crippen molar-refractivity contribution in [1.29, 1.82) is 0 Å². The summed E-state index contributed by atoms with van der Waals surface area (Å²) in [6, 6.07) is 14.6. The summed E-state index contributed by atoms with van der Waals surface area (Å²) in [5.41, 5.74) is 3.78. The van der Waals surface area contributed by atoms with Crippen LogP contribution in [0.15, 0.2) is 53.4 Å². The Morgan fingerprint density at radius 2 is 1.71 bits per heavy atom. The number of sulfonamides is 1. The van der Waals surface area contributed by atoms with Crippen molar-refractivity contribution in [3.05, 3.63) is 65.2 Å². The van der Waals surface area contributed by atoms with Crippen LogP contribution >= 0.6 is 0 Å². The summed E-state index contributed by atoms with van der Waals surface area (Å²) in [6.07, 6.45) is 3.43. The molecular weight excluding hydrogens is 282 g/mol. The molecule has 1 aliphatic rings. The van der Waals surface area contributed by atoms with E-state index in [1.807, 2.05) is 19.1 Å². The zero-order valence-electron chi connectivity index (χ0n) is 12.0. The zero-order chi connectivity index (χ0) is 14.9. The van der Waals surface area contributed by atoms with Crippen molar-refractivity contribution in [2.45, 2.75) is 37.1 Å². The van der Waals surface area contributed by atoms with Gasteiger partial charge in [-0.3, -0.25) is 0 Å². The Labute approximate surface area is 126 Å². The Balaban J connectivity index is 1.82. The molecule has 0 bridgehead atoms. The molecule has 1 atom stereocenters. The minimum absolute atomic E-state index is 0.235. The van der Waals surface area contributed by atoms with Gasteiger partial charge in [-0.25, -0.2) is 13.1 Å². The molecule has 1 N–H and O–H groups in total. The highest BCUT2D eigenvalue weighted by molar-refractivity contribution is 7.89. The first-order chi connectivity index (χ1) is 10.1. The smallest absolute Gasteiger partial charge is 0.207 e. The second-order valence-corrected chi connectivity index (χ2v) is 7.25. The average Bonchev–Trinajstić information content (AvgIpc) is 2.95. The summed E-state index contributed by atoms with van der Waals surface area (Å²) >= 11 is 0. The number of nitrogens with one attached hydrogen (secondary N) is 1. The van der Waals surface area contributed by atoms with E-state index in [1.54, 1.807) is 24.3 Å². The van der Waals surface area contributed by atoms with Crippen molar-refractivity contribution < 1.29 is 8.42 Å². The number of aryl methyl sites for hydroxylation is 2. The molecule has 21 heavy (non-hydrogen) atoms. The van der Waals surface area contributed by atoms with Crippen molar-refractivity contribution in [2.75, 3.05) is 0 Å². The summed E-state index contributed by atoms with van der Waals surface area (Å²) in [6.45, 7) is 1.89. The van der Waals surface area contributed by atoms with E-state index in [2.05, 4.69) is 16.9 Å². The quantitative estimate of drug-likeness (QED) is 0.942. The van der Waals surface area contributed by atoms with Gasteiger partial charge in [0.2, 0.25) is 10.0 Å². The van der Waals surface area contributed by atoms with Crippen LogP contribution in [0, 0.1) is 0 Å².